The summed E-state index contributed by atoms with van der Waals surface area (Å²) in [4.78, 5) is 26.1. The molecule has 138 valence electrons. The number of benzene rings is 2. The third-order valence-corrected chi connectivity index (χ3v) is 4.90. The maximum Gasteiger partial charge on any atom is 0.232 e. The van der Waals surface area contributed by atoms with Gasteiger partial charge in [0.15, 0.2) is 11.5 Å². The van der Waals surface area contributed by atoms with Gasteiger partial charge in [-0.15, -0.1) is 0 Å². The zero-order valence-electron chi connectivity index (χ0n) is 14.5. The molecule has 4 rings (SSSR count). The molecule has 0 atom stereocenters. The molecule has 0 amide bonds. The van der Waals surface area contributed by atoms with Crippen LogP contribution in [0.4, 0.5) is 0 Å². The van der Waals surface area contributed by atoms with Gasteiger partial charge >= 0.3 is 0 Å². The zero-order valence-corrected chi connectivity index (χ0v) is 14.5. The van der Waals surface area contributed by atoms with Crippen molar-refractivity contribution in [3.63, 3.8) is 0 Å². The third-order valence-electron chi connectivity index (χ3n) is 4.90. The molecule has 0 bridgehead atoms. The van der Waals surface area contributed by atoms with Crippen molar-refractivity contribution in [1.82, 2.24) is 0 Å². The highest BCUT2D eigenvalue weighted by molar-refractivity contribution is 6.41. The molecule has 0 aromatic heterocycles. The van der Waals surface area contributed by atoms with Gasteiger partial charge in [0, 0.05) is 22.8 Å². The lowest BCUT2D eigenvalue weighted by molar-refractivity contribution is 0.0235. The van der Waals surface area contributed by atoms with Crippen LogP contribution in [0.5, 0.6) is 17.2 Å². The van der Waals surface area contributed by atoms with E-state index in [2.05, 4.69) is 0 Å². The summed E-state index contributed by atoms with van der Waals surface area (Å²) in [5, 5.41) is 39.4. The van der Waals surface area contributed by atoms with Crippen LogP contribution in [0, 0.1) is 0 Å². The fourth-order valence-electron chi connectivity index (χ4n) is 3.61. The molecular weight excluding hydrogens is 352 g/mol. The van der Waals surface area contributed by atoms with Gasteiger partial charge in [-0.3, -0.25) is 9.59 Å². The van der Waals surface area contributed by atoms with E-state index in [-0.39, 0.29) is 39.5 Å². The first-order valence-electron chi connectivity index (χ1n) is 8.22. The minimum Gasteiger partial charge on any atom is -0.508 e. The first kappa shape index (κ1) is 17.1. The summed E-state index contributed by atoms with van der Waals surface area (Å²) in [6.07, 6.45) is 0. The maximum absolute atomic E-state index is 13.1. The Morgan fingerprint density at radius 3 is 2.30 bits per heavy atom. The molecule has 0 spiro atoms. The van der Waals surface area contributed by atoms with Gasteiger partial charge in [-0.1, -0.05) is 0 Å². The lowest BCUT2D eigenvalue weighted by atomic mass is 9.77. The number of rotatable bonds is 1. The Kier molecular flexibility index (Phi) is 3.38. The molecule has 2 aromatic rings. The Hall–Kier alpha value is -3.32. The highest BCUT2D eigenvalue weighted by Gasteiger charge is 2.45. The molecule has 0 saturated carbocycles. The standard InChI is InChI=1S/C20H16O7/c1-20(2)12-6-13(23)8(7-21)3-10(12)16-17(25)11-4-9(22)5-14(24)15(11)18(26)19(16)27-20/h3-6,21-24H,7H2,1-2H3. The quantitative estimate of drug-likeness (QED) is 0.609. The molecule has 2 aromatic carbocycles. The first-order chi connectivity index (χ1) is 12.7. The second-order valence-corrected chi connectivity index (χ2v) is 7.05. The predicted molar refractivity (Wildman–Crippen MR) is 93.5 cm³/mol. The number of aliphatic hydroxyl groups excluding tert-OH is 1. The average molecular weight is 368 g/mol. The molecular formula is C20H16O7. The molecule has 1 aliphatic carbocycles. The summed E-state index contributed by atoms with van der Waals surface area (Å²) in [7, 11) is 0. The summed E-state index contributed by atoms with van der Waals surface area (Å²) >= 11 is 0. The Bertz CT molecular complexity index is 1080. The first-order valence-corrected chi connectivity index (χ1v) is 8.22. The van der Waals surface area contributed by atoms with E-state index >= 15 is 0 Å². The predicted octanol–water partition coefficient (Wildman–Crippen LogP) is 2.35. The lowest BCUT2D eigenvalue weighted by Crippen LogP contribution is -2.34. The second kappa shape index (κ2) is 5.34. The lowest BCUT2D eigenvalue weighted by Gasteiger charge is -2.37. The van der Waals surface area contributed by atoms with E-state index in [9.17, 15) is 30.0 Å². The molecule has 1 heterocycles. The monoisotopic (exact) mass is 368 g/mol. The van der Waals surface area contributed by atoms with E-state index in [1.807, 2.05) is 0 Å². The molecule has 0 unspecified atom stereocenters. The van der Waals surface area contributed by atoms with Crippen molar-refractivity contribution in [3.05, 3.63) is 57.8 Å². The molecule has 4 N–H and O–H groups in total. The Morgan fingerprint density at radius 1 is 0.926 bits per heavy atom. The summed E-state index contributed by atoms with van der Waals surface area (Å²) in [5.41, 5.74) is -0.398. The van der Waals surface area contributed by atoms with Gasteiger partial charge in [0.1, 0.15) is 22.8 Å². The van der Waals surface area contributed by atoms with Crippen LogP contribution < -0.4 is 0 Å². The van der Waals surface area contributed by atoms with Crippen LogP contribution in [0.3, 0.4) is 0 Å². The van der Waals surface area contributed by atoms with Gasteiger partial charge in [0.2, 0.25) is 5.78 Å². The minimum absolute atomic E-state index is 0.0264. The van der Waals surface area contributed by atoms with E-state index in [1.165, 1.54) is 12.1 Å². The number of hydrogen-bond donors (Lipinski definition) is 4. The number of allylic oxidation sites excluding steroid dienone is 2. The van der Waals surface area contributed by atoms with E-state index in [1.54, 1.807) is 13.8 Å². The van der Waals surface area contributed by atoms with Gasteiger partial charge < -0.3 is 25.2 Å². The molecule has 1 aliphatic heterocycles. The van der Waals surface area contributed by atoms with E-state index in [0.717, 1.165) is 12.1 Å². The SMILES string of the molecule is CC1(C)OC2=C(C(=O)c3cc(O)cc(O)c3C2=O)c2cc(CO)c(O)cc21. The number of ketones is 2. The van der Waals surface area contributed by atoms with Gasteiger partial charge in [-0.25, -0.2) is 0 Å². The van der Waals surface area contributed by atoms with E-state index in [0.29, 0.717) is 11.1 Å². The number of hydrogen-bond acceptors (Lipinski definition) is 7. The molecule has 27 heavy (non-hydrogen) atoms. The smallest absolute Gasteiger partial charge is 0.232 e. The average Bonchev–Trinajstić information content (AvgIpc) is 2.58. The fraction of sp³-hybridized carbons (Fsp3) is 0.200. The molecule has 0 saturated heterocycles. The van der Waals surface area contributed by atoms with Crippen molar-refractivity contribution < 1.29 is 34.8 Å². The van der Waals surface area contributed by atoms with Crippen LogP contribution >= 0.6 is 0 Å². The zero-order chi connectivity index (χ0) is 19.7. The molecule has 7 nitrogen and oxygen atoms in total. The summed E-state index contributed by atoms with van der Waals surface area (Å²) in [6, 6.07) is 4.95. The number of aliphatic hydroxyl groups is 1. The summed E-state index contributed by atoms with van der Waals surface area (Å²) < 4.78 is 5.82. The van der Waals surface area contributed by atoms with Gasteiger partial charge in [0.25, 0.3) is 0 Å². The van der Waals surface area contributed by atoms with Crippen molar-refractivity contribution in [2.45, 2.75) is 26.1 Å². The Labute approximate surface area is 153 Å². The number of phenols is 3. The molecule has 0 radical (unpaired) electrons. The van der Waals surface area contributed by atoms with Crippen molar-refractivity contribution in [1.29, 1.82) is 0 Å². The fourth-order valence-corrected chi connectivity index (χ4v) is 3.61. The Balaban J connectivity index is 2.06. The van der Waals surface area contributed by atoms with Crippen LogP contribution in [0.15, 0.2) is 30.0 Å². The highest BCUT2D eigenvalue weighted by Crippen LogP contribution is 2.48. The van der Waals surface area contributed by atoms with Crippen LogP contribution in [-0.4, -0.2) is 32.0 Å². The summed E-state index contributed by atoms with van der Waals surface area (Å²) in [5.74, 6) is -2.49. The highest BCUT2D eigenvalue weighted by atomic mass is 16.5. The normalized spacial score (nSPS) is 17.1. The van der Waals surface area contributed by atoms with Crippen molar-refractivity contribution >= 4 is 17.1 Å². The van der Waals surface area contributed by atoms with Gasteiger partial charge in [-0.2, -0.15) is 0 Å². The van der Waals surface area contributed by atoms with Crippen molar-refractivity contribution in [2.24, 2.45) is 0 Å². The summed E-state index contributed by atoms with van der Waals surface area (Å²) in [6.45, 7) is 2.90. The van der Waals surface area contributed by atoms with Crippen molar-refractivity contribution in [2.75, 3.05) is 0 Å². The second-order valence-electron chi connectivity index (χ2n) is 7.05. The maximum atomic E-state index is 13.1. The Morgan fingerprint density at radius 2 is 1.63 bits per heavy atom. The molecule has 2 aliphatic rings. The number of fused-ring (bicyclic) bond motifs is 3. The van der Waals surface area contributed by atoms with Gasteiger partial charge in [-0.05, 0) is 37.6 Å². The van der Waals surface area contributed by atoms with Crippen LogP contribution in [0.25, 0.3) is 5.57 Å². The van der Waals surface area contributed by atoms with E-state index < -0.39 is 29.5 Å². The molecule has 0 fully saturated rings. The number of carbonyl (C=O) groups is 2. The van der Waals surface area contributed by atoms with Crippen LogP contribution in [0.2, 0.25) is 0 Å². The number of carbonyl (C=O) groups excluding carboxylic acids is 2. The molecule has 7 heteroatoms. The van der Waals surface area contributed by atoms with Gasteiger partial charge in [0.05, 0.1) is 17.7 Å². The third kappa shape index (κ3) is 2.25. The number of ether oxygens (including phenoxy) is 1. The largest absolute Gasteiger partial charge is 0.508 e. The topological polar surface area (TPSA) is 124 Å². The minimum atomic E-state index is -1.04. The van der Waals surface area contributed by atoms with E-state index in [4.69, 9.17) is 4.74 Å². The number of aromatic hydroxyl groups is 3. The van der Waals surface area contributed by atoms with Crippen LogP contribution in [0.1, 0.15) is 51.3 Å². The van der Waals surface area contributed by atoms with Crippen LogP contribution in [-0.2, 0) is 16.9 Å². The van der Waals surface area contributed by atoms with Crippen molar-refractivity contribution in [3.8, 4) is 17.2 Å². The number of phenolic OH excluding ortho intramolecular Hbond substituents is 2. The number of Topliss-reactive ketones (excluding diaryl/α,β-unsaturated/α-hetero) is 2.